The molecule has 3 aromatic rings. The number of hydrogen-bond donors (Lipinski definition) is 2. The number of carbonyl (C=O) groups is 2. The molecule has 28 heavy (non-hydrogen) atoms. The third-order valence-corrected chi connectivity index (χ3v) is 5.61. The molecule has 9 heteroatoms. The number of thiophene rings is 1. The zero-order valence-corrected chi connectivity index (χ0v) is 17.4. The summed E-state index contributed by atoms with van der Waals surface area (Å²) in [5, 5.41) is 5.91. The Morgan fingerprint density at radius 1 is 1.25 bits per heavy atom. The summed E-state index contributed by atoms with van der Waals surface area (Å²) in [5.41, 5.74) is 6.70. The second kappa shape index (κ2) is 8.62. The van der Waals surface area contributed by atoms with Gasteiger partial charge in [0.1, 0.15) is 10.6 Å². The second-order valence-corrected chi connectivity index (χ2v) is 7.87. The van der Waals surface area contributed by atoms with E-state index in [4.69, 9.17) is 16.3 Å². The summed E-state index contributed by atoms with van der Waals surface area (Å²) in [7, 11) is 1.84. The zero-order chi connectivity index (χ0) is 20.3. The molecule has 0 spiro atoms. The van der Waals surface area contributed by atoms with Crippen LogP contribution in [0.5, 0.6) is 5.75 Å². The lowest BCUT2D eigenvalue weighted by Gasteiger charge is -2.09. The van der Waals surface area contributed by atoms with Gasteiger partial charge in [0.2, 0.25) is 5.91 Å². The number of aryl methyl sites for hydroxylation is 3. The van der Waals surface area contributed by atoms with Gasteiger partial charge >= 0.3 is 0 Å². The number of hydrogen-bond acceptors (Lipinski definition) is 5. The number of nitrogens with one attached hydrogen (secondary N) is 2. The molecule has 0 saturated carbocycles. The summed E-state index contributed by atoms with van der Waals surface area (Å²) in [5.74, 6) is 0.124. The molecule has 0 unspecified atom stereocenters. The van der Waals surface area contributed by atoms with Gasteiger partial charge in [0.15, 0.2) is 0 Å². The van der Waals surface area contributed by atoms with E-state index >= 15 is 0 Å². The highest BCUT2D eigenvalue weighted by molar-refractivity contribution is 7.20. The fraction of sp³-hybridized carbons (Fsp3) is 0.316. The molecule has 0 radical (unpaired) electrons. The van der Waals surface area contributed by atoms with Crippen LogP contribution in [0, 0.1) is 13.8 Å². The molecule has 0 saturated heterocycles. The van der Waals surface area contributed by atoms with Gasteiger partial charge in [-0.15, -0.1) is 11.3 Å². The van der Waals surface area contributed by atoms with E-state index in [-0.39, 0.29) is 18.2 Å². The van der Waals surface area contributed by atoms with Crippen molar-refractivity contribution in [2.75, 3.05) is 6.61 Å². The number of benzene rings is 1. The molecule has 2 N–H and O–H groups in total. The highest BCUT2D eigenvalue weighted by Gasteiger charge is 2.15. The van der Waals surface area contributed by atoms with Crippen molar-refractivity contribution in [2.45, 2.75) is 26.7 Å². The number of halogens is 1. The van der Waals surface area contributed by atoms with E-state index in [0.29, 0.717) is 22.9 Å². The van der Waals surface area contributed by atoms with Crippen molar-refractivity contribution in [2.24, 2.45) is 7.05 Å². The van der Waals surface area contributed by atoms with Gasteiger partial charge in [0, 0.05) is 23.9 Å². The van der Waals surface area contributed by atoms with Crippen LogP contribution in [-0.2, 0) is 11.8 Å². The minimum atomic E-state index is -0.345. The van der Waals surface area contributed by atoms with Crippen LogP contribution in [0.3, 0.4) is 0 Å². The Hall–Kier alpha value is -2.58. The number of fused-ring (bicyclic) bond motifs is 1. The number of rotatable bonds is 6. The predicted molar refractivity (Wildman–Crippen MR) is 110 cm³/mol. The minimum absolute atomic E-state index is 0.238. The Balaban J connectivity index is 1.42. The average molecular weight is 421 g/mol. The third-order valence-electron chi connectivity index (χ3n) is 4.18. The van der Waals surface area contributed by atoms with Crippen LogP contribution < -0.4 is 15.6 Å². The molecule has 0 bridgehead atoms. The molecule has 0 aliphatic rings. The molecule has 0 aliphatic carbocycles. The summed E-state index contributed by atoms with van der Waals surface area (Å²) in [6, 6.07) is 7.18. The molecule has 0 fully saturated rings. The van der Waals surface area contributed by atoms with Crippen molar-refractivity contribution in [3.63, 3.8) is 0 Å². The third kappa shape index (κ3) is 4.63. The molecule has 2 amide bonds. The molecule has 148 valence electrons. The van der Waals surface area contributed by atoms with Crippen LogP contribution in [0.4, 0.5) is 0 Å². The topological polar surface area (TPSA) is 85.2 Å². The fourth-order valence-electron chi connectivity index (χ4n) is 2.76. The van der Waals surface area contributed by atoms with Crippen molar-refractivity contribution < 1.29 is 14.3 Å². The lowest BCUT2D eigenvalue weighted by molar-refractivity contribution is -0.122. The molecular weight excluding hydrogens is 400 g/mol. The number of carbonyl (C=O) groups excluding carboxylic acids is 2. The Bertz CT molecular complexity index is 993. The first kappa shape index (κ1) is 20.2. The molecule has 1 aromatic carbocycles. The lowest BCUT2D eigenvalue weighted by Crippen LogP contribution is -2.41. The summed E-state index contributed by atoms with van der Waals surface area (Å²) in [6.07, 6.45) is 0.764. The summed E-state index contributed by atoms with van der Waals surface area (Å²) in [4.78, 5) is 25.6. The van der Waals surface area contributed by atoms with E-state index in [9.17, 15) is 9.59 Å². The lowest BCUT2D eigenvalue weighted by atomic mass is 10.2. The van der Waals surface area contributed by atoms with E-state index in [1.54, 1.807) is 22.9 Å². The zero-order valence-electron chi connectivity index (χ0n) is 15.8. The van der Waals surface area contributed by atoms with Crippen molar-refractivity contribution in [1.82, 2.24) is 20.6 Å². The monoisotopic (exact) mass is 420 g/mol. The van der Waals surface area contributed by atoms with Gasteiger partial charge in [0.25, 0.3) is 5.91 Å². The second-order valence-electron chi connectivity index (χ2n) is 6.40. The quantitative estimate of drug-likeness (QED) is 0.472. The van der Waals surface area contributed by atoms with Crippen molar-refractivity contribution in [1.29, 1.82) is 0 Å². The number of hydrazine groups is 1. The number of ether oxygens (including phenoxy) is 1. The highest BCUT2D eigenvalue weighted by atomic mass is 35.5. The van der Waals surface area contributed by atoms with Crippen molar-refractivity contribution in [3.05, 3.63) is 45.4 Å². The highest BCUT2D eigenvalue weighted by Crippen LogP contribution is 2.27. The molecule has 2 aromatic heterocycles. The van der Waals surface area contributed by atoms with Crippen LogP contribution in [0.25, 0.3) is 10.2 Å². The van der Waals surface area contributed by atoms with Crippen LogP contribution in [-0.4, -0.2) is 28.2 Å². The van der Waals surface area contributed by atoms with Crippen LogP contribution in [0.15, 0.2) is 24.3 Å². The maximum Gasteiger partial charge on any atom is 0.279 e. The first-order chi connectivity index (χ1) is 13.3. The standard InChI is InChI=1S/C19H21ClN4O3S/c1-11-9-13(20)6-7-15(11)27-8-4-5-17(25)21-22-18(26)16-10-14-12(2)23-24(3)19(14)28-16/h6-7,9-10H,4-5,8H2,1-3H3,(H,21,25)(H,22,26). The number of amides is 2. The minimum Gasteiger partial charge on any atom is -0.493 e. The van der Waals surface area contributed by atoms with Gasteiger partial charge in [-0.2, -0.15) is 5.10 Å². The maximum absolute atomic E-state index is 12.2. The van der Waals surface area contributed by atoms with E-state index in [0.717, 1.165) is 27.2 Å². The smallest absolute Gasteiger partial charge is 0.279 e. The van der Waals surface area contributed by atoms with Gasteiger partial charge in [-0.3, -0.25) is 25.1 Å². The first-order valence-corrected chi connectivity index (χ1v) is 9.96. The molecule has 2 heterocycles. The molecule has 7 nitrogen and oxygen atoms in total. The van der Waals surface area contributed by atoms with Gasteiger partial charge < -0.3 is 4.74 Å². The van der Waals surface area contributed by atoms with E-state index in [1.165, 1.54) is 11.3 Å². The van der Waals surface area contributed by atoms with Gasteiger partial charge in [0.05, 0.1) is 17.2 Å². The maximum atomic E-state index is 12.2. The first-order valence-electron chi connectivity index (χ1n) is 8.76. The van der Waals surface area contributed by atoms with Crippen LogP contribution >= 0.6 is 22.9 Å². The Morgan fingerprint density at radius 3 is 2.75 bits per heavy atom. The van der Waals surface area contributed by atoms with Crippen LogP contribution in [0.2, 0.25) is 5.02 Å². The Morgan fingerprint density at radius 2 is 2.04 bits per heavy atom. The average Bonchev–Trinajstić information content (AvgIpc) is 3.20. The normalized spacial score (nSPS) is 10.9. The molecule has 0 aliphatic heterocycles. The molecule has 3 rings (SSSR count). The Labute approximate surface area is 171 Å². The summed E-state index contributed by atoms with van der Waals surface area (Å²) < 4.78 is 7.39. The van der Waals surface area contributed by atoms with Gasteiger partial charge in [-0.25, -0.2) is 0 Å². The SMILES string of the molecule is Cc1cc(Cl)ccc1OCCCC(=O)NNC(=O)c1cc2c(C)nn(C)c2s1. The predicted octanol–water partition coefficient (Wildman–Crippen LogP) is 3.53. The summed E-state index contributed by atoms with van der Waals surface area (Å²) in [6.45, 7) is 4.20. The molecular formula is C19H21ClN4O3S. The number of aromatic nitrogens is 2. The summed E-state index contributed by atoms with van der Waals surface area (Å²) >= 11 is 7.24. The fourth-order valence-corrected chi connectivity index (χ4v) is 4.00. The van der Waals surface area contributed by atoms with E-state index in [2.05, 4.69) is 16.0 Å². The largest absolute Gasteiger partial charge is 0.493 e. The van der Waals surface area contributed by atoms with Crippen LogP contribution in [0.1, 0.15) is 33.8 Å². The van der Waals surface area contributed by atoms with Gasteiger partial charge in [-0.05, 0) is 50.1 Å². The van der Waals surface area contributed by atoms with E-state index in [1.807, 2.05) is 27.0 Å². The van der Waals surface area contributed by atoms with Crippen molar-refractivity contribution in [3.8, 4) is 5.75 Å². The number of nitrogens with zero attached hydrogens (tertiary/aromatic N) is 2. The van der Waals surface area contributed by atoms with Gasteiger partial charge in [-0.1, -0.05) is 11.6 Å². The van der Waals surface area contributed by atoms with E-state index < -0.39 is 0 Å². The van der Waals surface area contributed by atoms with Crippen molar-refractivity contribution >= 4 is 45.0 Å². The Kier molecular flexibility index (Phi) is 6.21. The molecule has 0 atom stereocenters.